The van der Waals surface area contributed by atoms with Crippen molar-refractivity contribution in [2.45, 2.75) is 18.2 Å². The minimum atomic E-state index is -3.69. The van der Waals surface area contributed by atoms with E-state index in [-0.39, 0.29) is 10.6 Å². The minimum absolute atomic E-state index is 0.00150. The third-order valence-corrected chi connectivity index (χ3v) is 7.54. The molecule has 0 spiro atoms. The van der Waals surface area contributed by atoms with Crippen LogP contribution in [0, 0.1) is 11.7 Å². The number of carbonyl (C=O) groups is 1. The van der Waals surface area contributed by atoms with Crippen molar-refractivity contribution in [1.82, 2.24) is 4.98 Å². The van der Waals surface area contributed by atoms with E-state index in [9.17, 15) is 17.6 Å². The van der Waals surface area contributed by atoms with Crippen LogP contribution in [0.25, 0.3) is 11.3 Å². The molecule has 1 heterocycles. The zero-order valence-electron chi connectivity index (χ0n) is 15.0. The van der Waals surface area contributed by atoms with Crippen molar-refractivity contribution in [1.29, 1.82) is 0 Å². The molecular formula is C20H17FN2O3S2. The summed E-state index contributed by atoms with van der Waals surface area (Å²) < 4.78 is 37.9. The van der Waals surface area contributed by atoms with Crippen molar-refractivity contribution >= 4 is 32.2 Å². The Kier molecular flexibility index (Phi) is 4.76. The summed E-state index contributed by atoms with van der Waals surface area (Å²) in [6.45, 7) is 1.55. The summed E-state index contributed by atoms with van der Waals surface area (Å²) in [5.41, 5.74) is 3.16. The van der Waals surface area contributed by atoms with Crippen molar-refractivity contribution < 1.29 is 17.6 Å². The number of fused-ring (bicyclic) bond motifs is 3. The van der Waals surface area contributed by atoms with Gasteiger partial charge in [0, 0.05) is 22.8 Å². The molecule has 0 radical (unpaired) electrons. The lowest BCUT2D eigenvalue weighted by Crippen LogP contribution is -2.27. The van der Waals surface area contributed by atoms with Crippen LogP contribution in [0.4, 0.5) is 9.52 Å². The molecule has 5 nitrogen and oxygen atoms in total. The summed E-state index contributed by atoms with van der Waals surface area (Å²) >= 11 is 1.41. The number of amides is 1. The fourth-order valence-electron chi connectivity index (χ4n) is 3.19. The molecule has 1 aliphatic carbocycles. The fourth-order valence-corrected chi connectivity index (χ4v) is 5.74. The van der Waals surface area contributed by atoms with Crippen LogP contribution < -0.4 is 5.32 Å². The number of halogens is 1. The van der Waals surface area contributed by atoms with Crippen LogP contribution in [0.15, 0.2) is 53.4 Å². The van der Waals surface area contributed by atoms with E-state index in [2.05, 4.69) is 16.4 Å². The summed E-state index contributed by atoms with van der Waals surface area (Å²) in [5, 5.41) is 3.20. The summed E-state index contributed by atoms with van der Waals surface area (Å²) in [5.74, 6) is -2.06. The second-order valence-electron chi connectivity index (χ2n) is 6.75. The quantitative estimate of drug-likeness (QED) is 0.501. The summed E-state index contributed by atoms with van der Waals surface area (Å²) in [4.78, 5) is 18.1. The second kappa shape index (κ2) is 7.10. The van der Waals surface area contributed by atoms with Crippen LogP contribution >= 0.6 is 11.3 Å². The molecule has 28 heavy (non-hydrogen) atoms. The number of carbonyl (C=O) groups excluding carboxylic acids is 1. The van der Waals surface area contributed by atoms with Gasteiger partial charge in [0.2, 0.25) is 5.91 Å². The normalized spacial score (nSPS) is 13.6. The van der Waals surface area contributed by atoms with Crippen LogP contribution in [0.1, 0.15) is 17.4 Å². The van der Waals surface area contributed by atoms with E-state index in [1.54, 1.807) is 6.92 Å². The van der Waals surface area contributed by atoms with Gasteiger partial charge in [-0.1, -0.05) is 31.2 Å². The highest BCUT2D eigenvalue weighted by Crippen LogP contribution is 2.40. The summed E-state index contributed by atoms with van der Waals surface area (Å²) in [6, 6.07) is 12.6. The molecule has 0 saturated carbocycles. The van der Waals surface area contributed by atoms with E-state index in [0.29, 0.717) is 5.13 Å². The van der Waals surface area contributed by atoms with E-state index in [4.69, 9.17) is 0 Å². The molecule has 1 atom stereocenters. The van der Waals surface area contributed by atoms with E-state index in [1.807, 2.05) is 18.2 Å². The number of aromatic nitrogens is 1. The highest BCUT2D eigenvalue weighted by atomic mass is 32.2. The van der Waals surface area contributed by atoms with Crippen LogP contribution in [0.2, 0.25) is 0 Å². The first-order chi connectivity index (χ1) is 13.3. The van der Waals surface area contributed by atoms with Crippen molar-refractivity contribution in [3.05, 3.63) is 64.8 Å². The molecule has 0 saturated heterocycles. The molecule has 1 N–H and O–H groups in total. The van der Waals surface area contributed by atoms with Gasteiger partial charge in [0.05, 0.1) is 16.3 Å². The van der Waals surface area contributed by atoms with Gasteiger partial charge in [-0.05, 0) is 29.8 Å². The molecule has 3 aromatic rings. The van der Waals surface area contributed by atoms with E-state index in [0.717, 1.165) is 34.7 Å². The summed E-state index contributed by atoms with van der Waals surface area (Å²) in [7, 11) is -3.69. The molecule has 144 valence electrons. The van der Waals surface area contributed by atoms with E-state index < -0.39 is 27.5 Å². The Labute approximate surface area is 166 Å². The van der Waals surface area contributed by atoms with Gasteiger partial charge < -0.3 is 5.32 Å². The highest BCUT2D eigenvalue weighted by Gasteiger charge is 2.26. The molecule has 8 heteroatoms. The predicted octanol–water partition coefficient (Wildman–Crippen LogP) is 3.90. The molecule has 1 aliphatic rings. The predicted molar refractivity (Wildman–Crippen MR) is 107 cm³/mol. The molecule has 1 unspecified atom stereocenters. The number of sulfone groups is 1. The number of nitrogens with one attached hydrogen (secondary N) is 1. The van der Waals surface area contributed by atoms with Gasteiger partial charge in [0.25, 0.3) is 0 Å². The zero-order valence-corrected chi connectivity index (χ0v) is 16.6. The topological polar surface area (TPSA) is 76.1 Å². The largest absolute Gasteiger partial charge is 0.302 e. The number of hydrogen-bond donors (Lipinski definition) is 1. The summed E-state index contributed by atoms with van der Waals surface area (Å²) in [6.07, 6.45) is 0.785. The molecule has 4 rings (SSSR count). The van der Waals surface area contributed by atoms with Gasteiger partial charge in [-0.25, -0.2) is 17.8 Å². The SMILES string of the molecule is CC(CS(=O)(=O)c1ccc(F)cc1)C(=O)Nc1nc2c(s1)Cc1ccccc1-2. The Hall–Kier alpha value is -2.58. The number of anilines is 1. The lowest BCUT2D eigenvalue weighted by molar-refractivity contribution is -0.118. The molecule has 0 bridgehead atoms. The van der Waals surface area contributed by atoms with Crippen LogP contribution in [-0.4, -0.2) is 25.1 Å². The minimum Gasteiger partial charge on any atom is -0.302 e. The number of hydrogen-bond acceptors (Lipinski definition) is 5. The molecule has 0 aliphatic heterocycles. The zero-order chi connectivity index (χ0) is 19.9. The maximum absolute atomic E-state index is 13.0. The Bertz CT molecular complexity index is 1150. The highest BCUT2D eigenvalue weighted by molar-refractivity contribution is 7.91. The standard InChI is InChI=1S/C20H17FN2O3S2/c1-12(11-28(25,26)15-8-6-14(21)7-9-15)19(24)23-20-22-18-16-5-3-2-4-13(16)10-17(18)27-20/h2-9,12H,10-11H2,1H3,(H,22,23,24). The first kappa shape index (κ1) is 18.8. The number of nitrogens with zero attached hydrogens (tertiary/aromatic N) is 1. The number of thiazole rings is 1. The first-order valence-corrected chi connectivity index (χ1v) is 11.2. The van der Waals surface area contributed by atoms with Crippen LogP contribution in [0.5, 0.6) is 0 Å². The van der Waals surface area contributed by atoms with Gasteiger partial charge in [0.15, 0.2) is 15.0 Å². The average Bonchev–Trinajstić information content (AvgIpc) is 3.18. The Balaban J connectivity index is 1.45. The maximum Gasteiger partial charge on any atom is 0.230 e. The lowest BCUT2D eigenvalue weighted by atomic mass is 10.1. The van der Waals surface area contributed by atoms with Crippen LogP contribution in [-0.2, 0) is 21.1 Å². The molecule has 1 aromatic heterocycles. The molecule has 1 amide bonds. The van der Waals surface area contributed by atoms with Crippen LogP contribution in [0.3, 0.4) is 0 Å². The van der Waals surface area contributed by atoms with Crippen molar-refractivity contribution in [3.63, 3.8) is 0 Å². The van der Waals surface area contributed by atoms with Gasteiger partial charge in [-0.2, -0.15) is 0 Å². The van der Waals surface area contributed by atoms with E-state index in [1.165, 1.54) is 29.0 Å². The molecular weight excluding hydrogens is 399 g/mol. The van der Waals surface area contributed by atoms with Crippen molar-refractivity contribution in [3.8, 4) is 11.3 Å². The third kappa shape index (κ3) is 3.57. The Morgan fingerprint density at radius 2 is 1.93 bits per heavy atom. The van der Waals surface area contributed by atoms with Crippen molar-refractivity contribution in [2.24, 2.45) is 5.92 Å². The van der Waals surface area contributed by atoms with Gasteiger partial charge in [0.1, 0.15) is 5.82 Å². The maximum atomic E-state index is 13.0. The van der Waals surface area contributed by atoms with Crippen molar-refractivity contribution in [2.75, 3.05) is 11.1 Å². The van der Waals surface area contributed by atoms with Gasteiger partial charge in [-0.3, -0.25) is 4.79 Å². The van der Waals surface area contributed by atoms with Gasteiger partial charge >= 0.3 is 0 Å². The first-order valence-electron chi connectivity index (χ1n) is 8.70. The second-order valence-corrected chi connectivity index (χ2v) is 9.87. The average molecular weight is 416 g/mol. The fraction of sp³-hybridized carbons (Fsp3) is 0.200. The lowest BCUT2D eigenvalue weighted by Gasteiger charge is -2.11. The van der Waals surface area contributed by atoms with Gasteiger partial charge in [-0.15, -0.1) is 11.3 Å². The smallest absolute Gasteiger partial charge is 0.230 e. The molecule has 2 aromatic carbocycles. The Morgan fingerprint density at radius 3 is 2.68 bits per heavy atom. The number of benzene rings is 2. The van der Waals surface area contributed by atoms with E-state index >= 15 is 0 Å². The third-order valence-electron chi connectivity index (χ3n) is 4.64. The number of rotatable bonds is 5. The monoisotopic (exact) mass is 416 g/mol. The molecule has 0 fully saturated rings. The Morgan fingerprint density at radius 1 is 1.21 bits per heavy atom.